The van der Waals surface area contributed by atoms with Crippen LogP contribution in [0, 0.1) is 5.92 Å². The molecule has 1 atom stereocenters. The summed E-state index contributed by atoms with van der Waals surface area (Å²) in [6, 6.07) is 0. The zero-order valence-corrected chi connectivity index (χ0v) is 13.4. The number of allylic oxidation sites excluding steroid dienone is 2. The summed E-state index contributed by atoms with van der Waals surface area (Å²) in [7, 11) is 0. The largest absolute Gasteiger partial charge is 0.450 e. The third-order valence-corrected chi connectivity index (χ3v) is 4.53. The molecule has 4 heteroatoms. The maximum atomic E-state index is 11.7. The van der Waals surface area contributed by atoms with E-state index < -0.39 is 0 Å². The molecule has 0 aromatic rings. The molecule has 0 radical (unpaired) electrons. The van der Waals surface area contributed by atoms with Crippen LogP contribution < -0.4 is 0 Å². The fourth-order valence-electron chi connectivity index (χ4n) is 3.07. The van der Waals surface area contributed by atoms with Crippen LogP contribution in [0.1, 0.15) is 33.1 Å². The second-order valence-electron chi connectivity index (χ2n) is 6.14. The van der Waals surface area contributed by atoms with Crippen molar-refractivity contribution in [3.63, 3.8) is 0 Å². The van der Waals surface area contributed by atoms with E-state index >= 15 is 0 Å². The predicted octanol–water partition coefficient (Wildman–Crippen LogP) is 3.06. The molecule has 0 bridgehead atoms. The van der Waals surface area contributed by atoms with Crippen LogP contribution >= 0.6 is 0 Å². The van der Waals surface area contributed by atoms with E-state index in [-0.39, 0.29) is 6.09 Å². The summed E-state index contributed by atoms with van der Waals surface area (Å²) in [5.41, 5.74) is 2.87. The quantitative estimate of drug-likeness (QED) is 0.747. The summed E-state index contributed by atoms with van der Waals surface area (Å²) < 4.78 is 5.05. The first-order valence-electron chi connectivity index (χ1n) is 8.07. The third kappa shape index (κ3) is 4.60. The van der Waals surface area contributed by atoms with Gasteiger partial charge in [-0.1, -0.05) is 23.8 Å². The second kappa shape index (κ2) is 7.64. The van der Waals surface area contributed by atoms with Gasteiger partial charge in [-0.05, 0) is 39.0 Å². The maximum absolute atomic E-state index is 11.7. The molecular formula is C17H28N2O2. The van der Waals surface area contributed by atoms with Crippen molar-refractivity contribution in [2.75, 3.05) is 39.3 Å². The molecule has 0 aromatic carbocycles. The summed E-state index contributed by atoms with van der Waals surface area (Å²) in [6.45, 7) is 13.0. The number of piperazine rings is 1. The Kier molecular flexibility index (Phi) is 5.85. The van der Waals surface area contributed by atoms with Gasteiger partial charge in [0.1, 0.15) is 0 Å². The Morgan fingerprint density at radius 2 is 2.10 bits per heavy atom. The van der Waals surface area contributed by atoms with Crippen LogP contribution in [0.5, 0.6) is 0 Å². The van der Waals surface area contributed by atoms with Crippen LogP contribution in [0.3, 0.4) is 0 Å². The molecule has 1 aliphatic carbocycles. The van der Waals surface area contributed by atoms with E-state index in [9.17, 15) is 4.79 Å². The van der Waals surface area contributed by atoms with Crippen molar-refractivity contribution < 1.29 is 9.53 Å². The Balaban J connectivity index is 1.74. The molecule has 1 saturated heterocycles. The first kappa shape index (κ1) is 16.1. The topological polar surface area (TPSA) is 32.8 Å². The summed E-state index contributed by atoms with van der Waals surface area (Å²) >= 11 is 0. The first-order valence-corrected chi connectivity index (χ1v) is 8.07. The van der Waals surface area contributed by atoms with E-state index in [1.165, 1.54) is 18.4 Å². The Morgan fingerprint density at radius 3 is 2.62 bits per heavy atom. The van der Waals surface area contributed by atoms with Gasteiger partial charge in [-0.25, -0.2) is 4.79 Å². The van der Waals surface area contributed by atoms with Gasteiger partial charge in [0.2, 0.25) is 0 Å². The minimum absolute atomic E-state index is 0.168. The lowest BCUT2D eigenvalue weighted by Gasteiger charge is -2.35. The van der Waals surface area contributed by atoms with E-state index in [2.05, 4.69) is 24.5 Å². The van der Waals surface area contributed by atoms with Crippen molar-refractivity contribution in [3.05, 3.63) is 23.8 Å². The number of nitrogens with zero attached hydrogens (tertiary/aromatic N) is 2. The third-order valence-electron chi connectivity index (χ3n) is 4.53. The molecule has 1 amide bonds. The zero-order chi connectivity index (χ0) is 15.2. The number of ether oxygens (including phenoxy) is 1. The molecule has 2 rings (SSSR count). The molecule has 0 saturated carbocycles. The van der Waals surface area contributed by atoms with E-state index in [0.717, 1.165) is 39.1 Å². The van der Waals surface area contributed by atoms with E-state index in [4.69, 9.17) is 4.74 Å². The Hall–Kier alpha value is -1.29. The lowest BCUT2D eigenvalue weighted by atomic mass is 9.85. The number of carbonyl (C=O) groups is 1. The lowest BCUT2D eigenvalue weighted by Crippen LogP contribution is -2.49. The SMILES string of the molecule is C=C(C)C1CC=C(CN2CCN(C(=O)OCC)CC2)CC1. The van der Waals surface area contributed by atoms with Crippen molar-refractivity contribution in [3.8, 4) is 0 Å². The monoisotopic (exact) mass is 292 g/mol. The normalized spacial score (nSPS) is 23.6. The van der Waals surface area contributed by atoms with Crippen molar-refractivity contribution in [1.82, 2.24) is 9.80 Å². The molecule has 4 nitrogen and oxygen atoms in total. The molecular weight excluding hydrogens is 264 g/mol. The van der Waals surface area contributed by atoms with Crippen LogP contribution in [0.2, 0.25) is 0 Å². The summed E-state index contributed by atoms with van der Waals surface area (Å²) in [4.78, 5) is 15.9. The summed E-state index contributed by atoms with van der Waals surface area (Å²) in [6.07, 6.45) is 5.81. The average molecular weight is 292 g/mol. The highest BCUT2D eigenvalue weighted by atomic mass is 16.6. The maximum Gasteiger partial charge on any atom is 0.409 e. The fraction of sp³-hybridized carbons (Fsp3) is 0.706. The highest BCUT2D eigenvalue weighted by molar-refractivity contribution is 5.67. The first-order chi connectivity index (χ1) is 10.1. The number of rotatable bonds is 4. The van der Waals surface area contributed by atoms with Gasteiger partial charge in [0.25, 0.3) is 0 Å². The standard InChI is InChI=1S/C17H28N2O2/c1-4-21-17(20)19-11-9-18(10-12-19)13-15-5-7-16(8-6-15)14(2)3/h5,16H,2,4,6-13H2,1,3H3. The molecule has 1 aliphatic heterocycles. The van der Waals surface area contributed by atoms with Gasteiger partial charge in [-0.15, -0.1) is 0 Å². The second-order valence-corrected chi connectivity index (χ2v) is 6.14. The van der Waals surface area contributed by atoms with Gasteiger partial charge in [-0.3, -0.25) is 4.90 Å². The Morgan fingerprint density at radius 1 is 1.38 bits per heavy atom. The van der Waals surface area contributed by atoms with Crippen molar-refractivity contribution in [2.45, 2.75) is 33.1 Å². The van der Waals surface area contributed by atoms with Crippen molar-refractivity contribution in [1.29, 1.82) is 0 Å². The van der Waals surface area contributed by atoms with Crippen molar-refractivity contribution >= 4 is 6.09 Å². The van der Waals surface area contributed by atoms with Gasteiger partial charge in [0.05, 0.1) is 6.61 Å². The zero-order valence-electron chi connectivity index (χ0n) is 13.4. The molecule has 0 spiro atoms. The lowest BCUT2D eigenvalue weighted by molar-refractivity contribution is 0.0816. The average Bonchev–Trinajstić information content (AvgIpc) is 2.49. The predicted molar refractivity (Wildman–Crippen MR) is 85.3 cm³/mol. The highest BCUT2D eigenvalue weighted by Gasteiger charge is 2.23. The number of carbonyl (C=O) groups excluding carboxylic acids is 1. The van der Waals surface area contributed by atoms with Gasteiger partial charge >= 0.3 is 6.09 Å². The molecule has 1 heterocycles. The van der Waals surface area contributed by atoms with E-state index in [1.807, 2.05) is 11.8 Å². The number of hydrogen-bond acceptors (Lipinski definition) is 3. The van der Waals surface area contributed by atoms with Crippen LogP contribution in [0.25, 0.3) is 0 Å². The van der Waals surface area contributed by atoms with Gasteiger partial charge in [0, 0.05) is 32.7 Å². The smallest absolute Gasteiger partial charge is 0.409 e. The van der Waals surface area contributed by atoms with Gasteiger partial charge in [-0.2, -0.15) is 0 Å². The Bertz CT molecular complexity index is 409. The highest BCUT2D eigenvalue weighted by Crippen LogP contribution is 2.28. The molecule has 118 valence electrons. The summed E-state index contributed by atoms with van der Waals surface area (Å²) in [5.74, 6) is 0.675. The molecule has 21 heavy (non-hydrogen) atoms. The van der Waals surface area contributed by atoms with Crippen LogP contribution in [-0.2, 0) is 4.74 Å². The van der Waals surface area contributed by atoms with E-state index in [0.29, 0.717) is 12.5 Å². The van der Waals surface area contributed by atoms with Crippen molar-refractivity contribution in [2.24, 2.45) is 5.92 Å². The van der Waals surface area contributed by atoms with Crippen LogP contribution in [0.4, 0.5) is 4.79 Å². The molecule has 2 aliphatic rings. The van der Waals surface area contributed by atoms with Gasteiger partial charge in [0.15, 0.2) is 0 Å². The molecule has 1 unspecified atom stereocenters. The van der Waals surface area contributed by atoms with E-state index in [1.54, 1.807) is 5.57 Å². The fourth-order valence-corrected chi connectivity index (χ4v) is 3.07. The number of amides is 1. The van der Waals surface area contributed by atoms with Crippen LogP contribution in [0.15, 0.2) is 23.8 Å². The minimum atomic E-state index is -0.168. The molecule has 1 fully saturated rings. The Labute approximate surface area is 128 Å². The minimum Gasteiger partial charge on any atom is -0.450 e. The van der Waals surface area contributed by atoms with Crippen LogP contribution in [-0.4, -0.2) is 55.2 Å². The molecule has 0 aromatic heterocycles. The van der Waals surface area contributed by atoms with Gasteiger partial charge < -0.3 is 9.64 Å². The number of hydrogen-bond donors (Lipinski definition) is 0. The summed E-state index contributed by atoms with van der Waals surface area (Å²) in [5, 5.41) is 0. The molecule has 0 N–H and O–H groups in total.